The van der Waals surface area contributed by atoms with Crippen LogP contribution in [0.3, 0.4) is 0 Å². The summed E-state index contributed by atoms with van der Waals surface area (Å²) in [5, 5.41) is 3.01. The lowest BCUT2D eigenvalue weighted by Gasteiger charge is -2.06. The molecule has 0 aromatic heterocycles. The van der Waals surface area contributed by atoms with Crippen LogP contribution < -0.4 is 11.1 Å². The average Bonchev–Trinajstić information content (AvgIpc) is 2.18. The third-order valence-electron chi connectivity index (χ3n) is 1.98. The first-order valence-corrected chi connectivity index (χ1v) is 4.86. The number of rotatable bonds is 3. The first kappa shape index (κ1) is 11.6. The summed E-state index contributed by atoms with van der Waals surface area (Å²) in [5.74, 6) is -0.205. The van der Waals surface area contributed by atoms with Crippen molar-refractivity contribution in [2.75, 3.05) is 12.3 Å². The fourth-order valence-electron chi connectivity index (χ4n) is 1.06. The molecule has 0 fully saturated rings. The van der Waals surface area contributed by atoms with Crippen LogP contribution in [0.25, 0.3) is 0 Å². The highest BCUT2D eigenvalue weighted by Gasteiger charge is 2.06. The number of benzene rings is 1. The van der Waals surface area contributed by atoms with Gasteiger partial charge in [0.25, 0.3) is 5.91 Å². The Hall–Kier alpha value is -1.48. The normalized spacial score (nSPS) is 9.73. The van der Waals surface area contributed by atoms with Crippen molar-refractivity contribution in [3.63, 3.8) is 0 Å². The standard InChI is InChI=1S/C11H13ClN2O/c1-7-3-4-9(5-10(7)13)11(15)14-6-8(2)12/h3-5H,2,6,13H2,1H3,(H,14,15). The number of halogens is 1. The van der Waals surface area contributed by atoms with Crippen LogP contribution >= 0.6 is 11.6 Å². The van der Waals surface area contributed by atoms with Gasteiger partial charge in [-0.1, -0.05) is 24.2 Å². The molecule has 1 amide bonds. The van der Waals surface area contributed by atoms with Crippen molar-refractivity contribution in [2.45, 2.75) is 6.92 Å². The van der Waals surface area contributed by atoms with Crippen LogP contribution in [0.2, 0.25) is 0 Å². The number of amides is 1. The Bertz CT molecular complexity index is 402. The van der Waals surface area contributed by atoms with E-state index in [1.807, 2.05) is 6.92 Å². The molecule has 0 atom stereocenters. The van der Waals surface area contributed by atoms with Crippen LogP contribution in [0.15, 0.2) is 29.8 Å². The molecule has 0 bridgehead atoms. The SMILES string of the molecule is C=C(Cl)CNC(=O)c1ccc(C)c(N)c1. The maximum absolute atomic E-state index is 11.5. The van der Waals surface area contributed by atoms with E-state index in [-0.39, 0.29) is 12.5 Å². The molecular formula is C11H13ClN2O. The number of hydrogen-bond acceptors (Lipinski definition) is 2. The quantitative estimate of drug-likeness (QED) is 0.773. The minimum atomic E-state index is -0.205. The van der Waals surface area contributed by atoms with Crippen molar-refractivity contribution in [1.82, 2.24) is 5.32 Å². The van der Waals surface area contributed by atoms with Gasteiger partial charge in [0.1, 0.15) is 0 Å². The smallest absolute Gasteiger partial charge is 0.251 e. The highest BCUT2D eigenvalue weighted by molar-refractivity contribution is 6.29. The Morgan fingerprint density at radius 3 is 2.80 bits per heavy atom. The van der Waals surface area contributed by atoms with E-state index in [1.54, 1.807) is 18.2 Å². The fraction of sp³-hybridized carbons (Fsp3) is 0.182. The van der Waals surface area contributed by atoms with Crippen LogP contribution in [0.5, 0.6) is 0 Å². The minimum Gasteiger partial charge on any atom is -0.398 e. The summed E-state index contributed by atoms with van der Waals surface area (Å²) in [6.45, 7) is 5.62. The number of carbonyl (C=O) groups is 1. The summed E-state index contributed by atoms with van der Waals surface area (Å²) in [7, 11) is 0. The zero-order valence-electron chi connectivity index (χ0n) is 8.51. The number of aryl methyl sites for hydroxylation is 1. The summed E-state index contributed by atoms with van der Waals surface area (Å²) < 4.78 is 0. The molecule has 0 heterocycles. The zero-order chi connectivity index (χ0) is 11.4. The predicted molar refractivity (Wildman–Crippen MR) is 62.9 cm³/mol. The van der Waals surface area contributed by atoms with Crippen molar-refractivity contribution < 1.29 is 4.79 Å². The molecule has 0 radical (unpaired) electrons. The zero-order valence-corrected chi connectivity index (χ0v) is 9.27. The highest BCUT2D eigenvalue weighted by atomic mass is 35.5. The van der Waals surface area contributed by atoms with Crippen LogP contribution in [-0.2, 0) is 0 Å². The van der Waals surface area contributed by atoms with Gasteiger partial charge in [-0.3, -0.25) is 4.79 Å². The lowest BCUT2D eigenvalue weighted by molar-refractivity contribution is 0.0957. The fourth-order valence-corrected chi connectivity index (χ4v) is 1.13. The van der Waals surface area contributed by atoms with Crippen LogP contribution in [-0.4, -0.2) is 12.5 Å². The third-order valence-corrected chi connectivity index (χ3v) is 2.12. The second-order valence-corrected chi connectivity index (χ2v) is 3.81. The van der Waals surface area contributed by atoms with E-state index in [2.05, 4.69) is 11.9 Å². The van der Waals surface area contributed by atoms with E-state index in [0.717, 1.165) is 5.56 Å². The maximum atomic E-state index is 11.5. The van der Waals surface area contributed by atoms with Gasteiger partial charge in [0.15, 0.2) is 0 Å². The summed E-state index contributed by atoms with van der Waals surface area (Å²) in [6, 6.07) is 5.17. The molecule has 0 aliphatic rings. The Labute approximate surface area is 93.9 Å². The van der Waals surface area contributed by atoms with Gasteiger partial charge in [-0.25, -0.2) is 0 Å². The second-order valence-electron chi connectivity index (χ2n) is 3.27. The lowest BCUT2D eigenvalue weighted by atomic mass is 10.1. The van der Waals surface area contributed by atoms with Gasteiger partial charge in [0.05, 0.1) is 6.54 Å². The van der Waals surface area contributed by atoms with Crippen molar-refractivity contribution >= 4 is 23.2 Å². The number of hydrogen-bond donors (Lipinski definition) is 2. The monoisotopic (exact) mass is 224 g/mol. The van der Waals surface area contributed by atoms with Crippen molar-refractivity contribution in [3.05, 3.63) is 40.9 Å². The summed E-state index contributed by atoms with van der Waals surface area (Å²) in [4.78, 5) is 11.5. The summed E-state index contributed by atoms with van der Waals surface area (Å²) in [5.41, 5.74) is 7.77. The molecule has 15 heavy (non-hydrogen) atoms. The Morgan fingerprint density at radius 1 is 1.60 bits per heavy atom. The third kappa shape index (κ3) is 3.29. The summed E-state index contributed by atoms with van der Waals surface area (Å²) >= 11 is 5.53. The Balaban J connectivity index is 2.74. The molecule has 0 spiro atoms. The van der Waals surface area contributed by atoms with Gasteiger partial charge in [-0.15, -0.1) is 0 Å². The predicted octanol–water partition coefficient (Wildman–Crippen LogP) is 2.06. The van der Waals surface area contributed by atoms with Gasteiger partial charge < -0.3 is 11.1 Å². The van der Waals surface area contributed by atoms with Gasteiger partial charge in [-0.05, 0) is 24.6 Å². The van der Waals surface area contributed by atoms with E-state index >= 15 is 0 Å². The van der Waals surface area contributed by atoms with Gasteiger partial charge >= 0.3 is 0 Å². The molecule has 0 saturated heterocycles. The molecule has 1 rings (SSSR count). The van der Waals surface area contributed by atoms with Crippen LogP contribution in [0, 0.1) is 6.92 Å². The van der Waals surface area contributed by atoms with Gasteiger partial charge in [-0.2, -0.15) is 0 Å². The molecular weight excluding hydrogens is 212 g/mol. The molecule has 3 nitrogen and oxygen atoms in total. The number of nitrogens with one attached hydrogen (secondary N) is 1. The van der Waals surface area contributed by atoms with E-state index in [9.17, 15) is 4.79 Å². The van der Waals surface area contributed by atoms with Crippen LogP contribution in [0.1, 0.15) is 15.9 Å². The summed E-state index contributed by atoms with van der Waals surface area (Å²) in [6.07, 6.45) is 0. The number of nitrogen functional groups attached to an aromatic ring is 1. The molecule has 1 aromatic rings. The van der Waals surface area contributed by atoms with Crippen molar-refractivity contribution in [3.8, 4) is 0 Å². The largest absolute Gasteiger partial charge is 0.398 e. The van der Waals surface area contributed by atoms with E-state index in [4.69, 9.17) is 17.3 Å². The average molecular weight is 225 g/mol. The molecule has 0 unspecified atom stereocenters. The van der Waals surface area contributed by atoms with Crippen molar-refractivity contribution in [1.29, 1.82) is 0 Å². The molecule has 80 valence electrons. The molecule has 4 heteroatoms. The Morgan fingerprint density at radius 2 is 2.27 bits per heavy atom. The highest BCUT2D eigenvalue weighted by Crippen LogP contribution is 2.12. The van der Waals surface area contributed by atoms with E-state index in [1.165, 1.54) is 0 Å². The first-order chi connectivity index (χ1) is 7.00. The van der Waals surface area contributed by atoms with Crippen molar-refractivity contribution in [2.24, 2.45) is 0 Å². The van der Waals surface area contributed by atoms with E-state index < -0.39 is 0 Å². The molecule has 0 saturated carbocycles. The molecule has 0 aliphatic carbocycles. The topological polar surface area (TPSA) is 55.1 Å². The van der Waals surface area contributed by atoms with Gasteiger partial charge in [0, 0.05) is 16.3 Å². The van der Waals surface area contributed by atoms with E-state index in [0.29, 0.717) is 16.3 Å². The number of nitrogens with two attached hydrogens (primary N) is 1. The lowest BCUT2D eigenvalue weighted by Crippen LogP contribution is -2.24. The van der Waals surface area contributed by atoms with Crippen LogP contribution in [0.4, 0.5) is 5.69 Å². The maximum Gasteiger partial charge on any atom is 0.251 e. The number of anilines is 1. The first-order valence-electron chi connectivity index (χ1n) is 4.48. The molecule has 0 aliphatic heterocycles. The second kappa shape index (κ2) is 4.84. The van der Waals surface area contributed by atoms with Gasteiger partial charge in [0.2, 0.25) is 0 Å². The molecule has 3 N–H and O–H groups in total. The number of carbonyl (C=O) groups excluding carboxylic acids is 1. The minimum absolute atomic E-state index is 0.205. The molecule has 1 aromatic carbocycles. The Kier molecular flexibility index (Phi) is 3.74.